The second-order valence-corrected chi connectivity index (χ2v) is 11.6. The maximum Gasteiger partial charge on any atom is 0.241 e. The van der Waals surface area contributed by atoms with Crippen LogP contribution in [-0.4, -0.2) is 40.2 Å². The highest BCUT2D eigenvalue weighted by molar-refractivity contribution is 6.31. The second kappa shape index (κ2) is 9.01. The van der Waals surface area contributed by atoms with Crippen molar-refractivity contribution in [1.29, 1.82) is 0 Å². The number of carbonyl (C=O) groups excluding carboxylic acids is 4. The lowest BCUT2D eigenvalue weighted by molar-refractivity contribution is -0.140. The van der Waals surface area contributed by atoms with E-state index in [0.717, 1.165) is 16.5 Å². The van der Waals surface area contributed by atoms with E-state index in [-0.39, 0.29) is 34.7 Å². The number of phenolic OH excluding ortho intramolecular Hbond substituents is 1. The highest BCUT2D eigenvalue weighted by Gasteiger charge is 2.67. The third-order valence-electron chi connectivity index (χ3n) is 9.18. The van der Waals surface area contributed by atoms with Gasteiger partial charge in [-0.25, -0.2) is 9.29 Å². The molecule has 7 nitrogen and oxygen atoms in total. The second-order valence-electron chi connectivity index (χ2n) is 11.2. The van der Waals surface area contributed by atoms with Gasteiger partial charge in [-0.3, -0.25) is 24.1 Å². The third kappa shape index (κ3) is 3.53. The highest BCUT2D eigenvalue weighted by atomic mass is 35.5. The molecule has 2 aliphatic heterocycles. The minimum absolute atomic E-state index is 0.0178. The number of aromatic hydroxyl groups is 1. The van der Waals surface area contributed by atoms with E-state index in [2.05, 4.69) is 0 Å². The number of anilines is 1. The topological polar surface area (TPSA) is 95.0 Å². The van der Waals surface area contributed by atoms with Crippen molar-refractivity contribution >= 4 is 40.9 Å². The van der Waals surface area contributed by atoms with Gasteiger partial charge in [-0.2, -0.15) is 0 Å². The molecule has 9 heteroatoms. The minimum Gasteiger partial charge on any atom is -0.508 e. The number of carbonyl (C=O) groups is 4. The van der Waals surface area contributed by atoms with Crippen molar-refractivity contribution in [2.45, 2.75) is 39.0 Å². The summed E-state index contributed by atoms with van der Waals surface area (Å²) in [5, 5.41) is 10.1. The molecule has 6 atom stereocenters. The standard InChI is InChI=1S/C30H28ClFN2O5/c1-3-11-33-26(36)19-9-8-18-20(24(19)28(33)38)14-21-27(37)34(16-7-10-23(32)22(31)13-16)29(39)30(21,2)25(18)15-5-4-6-17(35)12-15/h4-8,10,12-13,19-21,24-25,35H,3,9,11,14H2,1-2H3. The number of halogens is 2. The molecule has 1 N–H and O–H groups in total. The molecule has 0 aromatic heterocycles. The lowest BCUT2D eigenvalue weighted by Crippen LogP contribution is -2.48. The molecule has 3 fully saturated rings. The molecule has 6 rings (SSSR count). The Labute approximate surface area is 230 Å². The fourth-order valence-corrected chi connectivity index (χ4v) is 7.65. The Morgan fingerprint density at radius 1 is 1.05 bits per heavy atom. The molecule has 2 aliphatic carbocycles. The van der Waals surface area contributed by atoms with Crippen LogP contribution in [0.2, 0.25) is 5.02 Å². The van der Waals surface area contributed by atoms with E-state index in [1.165, 1.54) is 23.1 Å². The first kappa shape index (κ1) is 25.7. The SMILES string of the molecule is CCCN1C(=O)C2CC=C3C(CC4C(=O)N(c5ccc(F)c(Cl)c5)C(=O)C4(C)C3c3cccc(O)c3)C2C1=O. The van der Waals surface area contributed by atoms with E-state index >= 15 is 0 Å². The first-order valence-corrected chi connectivity index (χ1v) is 13.6. The zero-order valence-corrected chi connectivity index (χ0v) is 22.3. The van der Waals surface area contributed by atoms with Crippen LogP contribution in [0, 0.1) is 34.9 Å². The van der Waals surface area contributed by atoms with E-state index in [1.54, 1.807) is 19.1 Å². The van der Waals surface area contributed by atoms with Crippen LogP contribution < -0.4 is 4.90 Å². The van der Waals surface area contributed by atoms with E-state index in [1.807, 2.05) is 19.1 Å². The molecule has 4 aliphatic rings. The molecule has 2 heterocycles. The lowest BCUT2D eigenvalue weighted by atomic mass is 9.51. The molecule has 0 spiro atoms. The van der Waals surface area contributed by atoms with Crippen molar-refractivity contribution in [1.82, 2.24) is 4.90 Å². The fourth-order valence-electron chi connectivity index (χ4n) is 7.48. The summed E-state index contributed by atoms with van der Waals surface area (Å²) in [6.07, 6.45) is 3.22. The number of likely N-dealkylation sites (tertiary alicyclic amines) is 1. The summed E-state index contributed by atoms with van der Waals surface area (Å²) in [7, 11) is 0. The summed E-state index contributed by atoms with van der Waals surface area (Å²) in [5.41, 5.74) is 0.438. The number of hydrogen-bond acceptors (Lipinski definition) is 5. The summed E-state index contributed by atoms with van der Waals surface area (Å²) in [6.45, 7) is 4.02. The number of amides is 4. The first-order valence-electron chi connectivity index (χ1n) is 13.3. The summed E-state index contributed by atoms with van der Waals surface area (Å²) >= 11 is 6.01. The molecule has 6 unspecified atom stereocenters. The Morgan fingerprint density at radius 2 is 1.82 bits per heavy atom. The van der Waals surface area contributed by atoms with Gasteiger partial charge in [-0.05, 0) is 68.0 Å². The Bertz CT molecular complexity index is 1470. The Balaban J connectivity index is 1.51. The Kier molecular flexibility index (Phi) is 5.95. The third-order valence-corrected chi connectivity index (χ3v) is 9.47. The highest BCUT2D eigenvalue weighted by Crippen LogP contribution is 2.63. The smallest absolute Gasteiger partial charge is 0.241 e. The average molecular weight is 551 g/mol. The zero-order valence-electron chi connectivity index (χ0n) is 21.6. The monoisotopic (exact) mass is 550 g/mol. The number of allylic oxidation sites excluding steroid dienone is 2. The van der Waals surface area contributed by atoms with Gasteiger partial charge in [0, 0.05) is 12.5 Å². The maximum atomic E-state index is 14.2. The summed E-state index contributed by atoms with van der Waals surface area (Å²) in [6, 6.07) is 10.3. The largest absolute Gasteiger partial charge is 0.508 e. The van der Waals surface area contributed by atoms with Crippen LogP contribution in [0.4, 0.5) is 10.1 Å². The summed E-state index contributed by atoms with van der Waals surface area (Å²) in [4.78, 5) is 57.5. The number of hydrogen-bond donors (Lipinski definition) is 1. The fraction of sp³-hybridized carbons (Fsp3) is 0.400. The Hall–Kier alpha value is -3.52. The predicted molar refractivity (Wildman–Crippen MR) is 141 cm³/mol. The van der Waals surface area contributed by atoms with Crippen molar-refractivity contribution in [2.24, 2.45) is 29.1 Å². The van der Waals surface area contributed by atoms with Crippen molar-refractivity contribution in [3.05, 3.63) is 70.5 Å². The molecule has 2 saturated heterocycles. The number of rotatable bonds is 4. The number of benzene rings is 2. The molecular formula is C30H28ClFN2O5. The van der Waals surface area contributed by atoms with E-state index in [4.69, 9.17) is 11.6 Å². The molecule has 202 valence electrons. The van der Waals surface area contributed by atoms with Crippen LogP contribution >= 0.6 is 11.6 Å². The molecule has 4 amide bonds. The van der Waals surface area contributed by atoms with E-state index < -0.39 is 52.6 Å². The molecule has 2 aromatic carbocycles. The number of imide groups is 2. The molecule has 1 saturated carbocycles. The summed E-state index contributed by atoms with van der Waals surface area (Å²) in [5.74, 6) is -4.87. The van der Waals surface area contributed by atoms with Gasteiger partial charge in [0.1, 0.15) is 11.6 Å². The van der Waals surface area contributed by atoms with E-state index in [0.29, 0.717) is 24.9 Å². The van der Waals surface area contributed by atoms with Crippen molar-refractivity contribution in [3.8, 4) is 5.75 Å². The summed E-state index contributed by atoms with van der Waals surface area (Å²) < 4.78 is 13.9. The molecule has 0 radical (unpaired) electrons. The van der Waals surface area contributed by atoms with Crippen LogP contribution in [0.1, 0.15) is 44.6 Å². The van der Waals surface area contributed by atoms with Gasteiger partial charge in [0.2, 0.25) is 23.6 Å². The maximum absolute atomic E-state index is 14.2. The molecular weight excluding hydrogens is 523 g/mol. The Morgan fingerprint density at radius 3 is 2.51 bits per heavy atom. The number of fused-ring (bicyclic) bond motifs is 4. The average Bonchev–Trinajstić information content (AvgIpc) is 3.26. The van der Waals surface area contributed by atoms with Crippen LogP contribution in [0.5, 0.6) is 5.75 Å². The normalized spacial score (nSPS) is 31.8. The van der Waals surface area contributed by atoms with Crippen molar-refractivity contribution < 1.29 is 28.7 Å². The van der Waals surface area contributed by atoms with Gasteiger partial charge >= 0.3 is 0 Å². The molecule has 39 heavy (non-hydrogen) atoms. The van der Waals surface area contributed by atoms with Gasteiger partial charge in [0.25, 0.3) is 0 Å². The van der Waals surface area contributed by atoms with Crippen LogP contribution in [0.15, 0.2) is 54.1 Å². The predicted octanol–water partition coefficient (Wildman–Crippen LogP) is 4.83. The van der Waals surface area contributed by atoms with E-state index in [9.17, 15) is 28.7 Å². The lowest BCUT2D eigenvalue weighted by Gasteiger charge is -2.49. The number of nitrogens with zero attached hydrogens (tertiary/aromatic N) is 2. The van der Waals surface area contributed by atoms with Gasteiger partial charge in [-0.15, -0.1) is 0 Å². The van der Waals surface area contributed by atoms with Crippen molar-refractivity contribution in [3.63, 3.8) is 0 Å². The molecule has 2 aromatic rings. The quantitative estimate of drug-likeness (QED) is 0.435. The molecule has 0 bridgehead atoms. The van der Waals surface area contributed by atoms with Gasteiger partial charge in [-0.1, -0.05) is 42.3 Å². The first-order chi connectivity index (χ1) is 18.6. The minimum atomic E-state index is -1.24. The van der Waals surface area contributed by atoms with Gasteiger partial charge in [0.15, 0.2) is 0 Å². The van der Waals surface area contributed by atoms with Crippen molar-refractivity contribution in [2.75, 3.05) is 11.4 Å². The zero-order chi connectivity index (χ0) is 27.8. The van der Waals surface area contributed by atoms with Gasteiger partial charge in [0.05, 0.1) is 33.9 Å². The van der Waals surface area contributed by atoms with Crippen LogP contribution in [-0.2, 0) is 19.2 Å². The van der Waals surface area contributed by atoms with Crippen LogP contribution in [0.25, 0.3) is 0 Å². The number of phenols is 1. The van der Waals surface area contributed by atoms with Gasteiger partial charge < -0.3 is 5.11 Å². The van der Waals surface area contributed by atoms with Crippen LogP contribution in [0.3, 0.4) is 0 Å².